The topological polar surface area (TPSA) is 112 Å². The molecule has 2 aromatic carbocycles. The molecule has 0 aliphatic heterocycles. The molecule has 0 bridgehead atoms. The van der Waals surface area contributed by atoms with Crippen LogP contribution in [0.15, 0.2) is 83.9 Å². The third kappa shape index (κ3) is 6.67. The second kappa shape index (κ2) is 12.8. The van der Waals surface area contributed by atoms with E-state index in [2.05, 4.69) is 33.9 Å². The summed E-state index contributed by atoms with van der Waals surface area (Å²) < 4.78 is 16.3. The summed E-state index contributed by atoms with van der Waals surface area (Å²) in [5.41, 5.74) is 4.45. The molecule has 46 heavy (non-hydrogen) atoms. The number of ether oxygens (including phenoxy) is 2. The first kappa shape index (κ1) is 29.7. The molecule has 7 rings (SSSR count). The van der Waals surface area contributed by atoms with Gasteiger partial charge in [-0.2, -0.15) is 0 Å². The lowest BCUT2D eigenvalue weighted by molar-refractivity contribution is -0.114. The number of nitrogens with one attached hydrogen (secondary N) is 2. The van der Waals surface area contributed by atoms with E-state index >= 15 is 0 Å². The molecule has 2 N–H and O–H groups in total. The minimum Gasteiger partial charge on any atom is -0.457 e. The summed E-state index contributed by atoms with van der Waals surface area (Å²) in [6, 6.07) is 21.3. The monoisotopic (exact) mass is 618 g/mol. The number of rotatable bonds is 11. The zero-order valence-corrected chi connectivity index (χ0v) is 26.1. The van der Waals surface area contributed by atoms with Crippen LogP contribution >= 0.6 is 0 Å². The maximum absolute atomic E-state index is 13.9. The molecule has 2 saturated carbocycles. The van der Waals surface area contributed by atoms with Crippen LogP contribution in [0.3, 0.4) is 0 Å². The van der Waals surface area contributed by atoms with Crippen LogP contribution in [0, 0.1) is 5.92 Å². The molecule has 1 amide bonds. The molecular formula is C36H38N6O4. The van der Waals surface area contributed by atoms with Crippen LogP contribution in [0.4, 0.5) is 17.5 Å². The minimum absolute atomic E-state index is 0.0538. The Bertz CT molecular complexity index is 1930. The van der Waals surface area contributed by atoms with E-state index in [0.29, 0.717) is 48.0 Å². The summed E-state index contributed by atoms with van der Waals surface area (Å²) in [7, 11) is 1.92. The molecule has 0 spiro atoms. The molecule has 0 radical (unpaired) electrons. The molecule has 2 atom stereocenters. The number of anilines is 3. The molecule has 236 valence electrons. The number of carbonyl (C=O) groups is 1. The van der Waals surface area contributed by atoms with Crippen molar-refractivity contribution in [2.45, 2.75) is 64.2 Å². The van der Waals surface area contributed by atoms with Gasteiger partial charge in [-0.1, -0.05) is 36.8 Å². The second-order valence-corrected chi connectivity index (χ2v) is 12.4. The van der Waals surface area contributed by atoms with Gasteiger partial charge in [0, 0.05) is 51.0 Å². The van der Waals surface area contributed by atoms with Crippen molar-refractivity contribution < 1.29 is 14.3 Å². The Morgan fingerprint density at radius 2 is 1.83 bits per heavy atom. The van der Waals surface area contributed by atoms with Crippen molar-refractivity contribution in [2.75, 3.05) is 10.6 Å². The summed E-state index contributed by atoms with van der Waals surface area (Å²) in [4.78, 5) is 34.3. The van der Waals surface area contributed by atoms with Crippen LogP contribution in [0.2, 0.25) is 0 Å². The summed E-state index contributed by atoms with van der Waals surface area (Å²) in [6.07, 6.45) is 9.23. The average molecular weight is 619 g/mol. The molecule has 3 heterocycles. The number of hydrogen-bond donors (Lipinski definition) is 2. The number of pyridine rings is 2. The first-order valence-corrected chi connectivity index (χ1v) is 15.9. The Morgan fingerprint density at radius 1 is 1.00 bits per heavy atom. The number of hydrogen-bond acceptors (Lipinski definition) is 7. The molecule has 10 nitrogen and oxygen atoms in total. The zero-order chi connectivity index (χ0) is 31.6. The van der Waals surface area contributed by atoms with E-state index in [4.69, 9.17) is 14.5 Å². The second-order valence-electron chi connectivity index (χ2n) is 12.4. The fourth-order valence-corrected chi connectivity index (χ4v) is 6.31. The molecule has 10 heteroatoms. The smallest absolute Gasteiger partial charge is 0.274 e. The lowest BCUT2D eigenvalue weighted by Crippen LogP contribution is -2.30. The van der Waals surface area contributed by atoms with Gasteiger partial charge in [0.25, 0.3) is 5.56 Å². The van der Waals surface area contributed by atoms with Gasteiger partial charge < -0.3 is 29.2 Å². The van der Waals surface area contributed by atoms with Crippen LogP contribution in [0.1, 0.15) is 56.1 Å². The van der Waals surface area contributed by atoms with E-state index in [9.17, 15) is 9.59 Å². The van der Waals surface area contributed by atoms with Crippen LogP contribution in [0.5, 0.6) is 11.5 Å². The first-order valence-electron chi connectivity index (χ1n) is 15.9. The molecule has 2 fully saturated rings. The SMILES string of the molecule is CC(=O)Nc1cc(Oc2ccc3nc(Nc4cc(C5CC5)cn(CC5CCCC5OCc5ccccc5)c4=O)n(C)c3c2)ccn1. The highest BCUT2D eigenvalue weighted by Crippen LogP contribution is 2.41. The number of nitrogens with zero attached hydrogens (tertiary/aromatic N) is 4. The van der Waals surface area contributed by atoms with E-state index in [1.807, 2.05) is 58.6 Å². The Balaban J connectivity index is 1.11. The third-order valence-electron chi connectivity index (χ3n) is 8.85. The quantitative estimate of drug-likeness (QED) is 0.166. The zero-order valence-electron chi connectivity index (χ0n) is 26.1. The fraction of sp³-hybridized carbons (Fsp3) is 0.333. The highest BCUT2D eigenvalue weighted by molar-refractivity contribution is 5.87. The minimum atomic E-state index is -0.203. The summed E-state index contributed by atoms with van der Waals surface area (Å²) in [6.45, 7) is 2.66. The van der Waals surface area contributed by atoms with Gasteiger partial charge in [0.05, 0.1) is 23.7 Å². The predicted molar refractivity (Wildman–Crippen MR) is 178 cm³/mol. The normalized spacial score (nSPS) is 17.7. The predicted octanol–water partition coefficient (Wildman–Crippen LogP) is 6.89. The summed E-state index contributed by atoms with van der Waals surface area (Å²) >= 11 is 0. The maximum Gasteiger partial charge on any atom is 0.274 e. The van der Waals surface area contributed by atoms with Crippen molar-refractivity contribution in [3.05, 3.63) is 101 Å². The third-order valence-corrected chi connectivity index (χ3v) is 8.85. The number of amides is 1. The van der Waals surface area contributed by atoms with Crippen molar-refractivity contribution >= 4 is 34.4 Å². The van der Waals surface area contributed by atoms with Gasteiger partial charge in [-0.3, -0.25) is 9.59 Å². The lowest BCUT2D eigenvalue weighted by atomic mass is 10.1. The van der Waals surface area contributed by atoms with Gasteiger partial charge in [0.2, 0.25) is 11.9 Å². The Morgan fingerprint density at radius 3 is 2.63 bits per heavy atom. The molecule has 3 aromatic heterocycles. The largest absolute Gasteiger partial charge is 0.457 e. The highest BCUT2D eigenvalue weighted by atomic mass is 16.5. The Hall–Kier alpha value is -4.96. The van der Waals surface area contributed by atoms with Gasteiger partial charge in [-0.15, -0.1) is 0 Å². The van der Waals surface area contributed by atoms with Crippen molar-refractivity contribution in [2.24, 2.45) is 13.0 Å². The summed E-state index contributed by atoms with van der Waals surface area (Å²) in [5.74, 6) is 2.72. The van der Waals surface area contributed by atoms with E-state index in [1.54, 1.807) is 18.3 Å². The van der Waals surface area contributed by atoms with Gasteiger partial charge >= 0.3 is 0 Å². The van der Waals surface area contributed by atoms with Gasteiger partial charge in [0.1, 0.15) is 23.0 Å². The van der Waals surface area contributed by atoms with Gasteiger partial charge in [-0.05, 0) is 67.0 Å². The van der Waals surface area contributed by atoms with Crippen molar-refractivity contribution in [1.29, 1.82) is 0 Å². The van der Waals surface area contributed by atoms with Crippen LogP contribution in [-0.4, -0.2) is 31.1 Å². The van der Waals surface area contributed by atoms with E-state index in [0.717, 1.165) is 43.1 Å². The van der Waals surface area contributed by atoms with Crippen molar-refractivity contribution in [3.8, 4) is 11.5 Å². The standard InChI is InChI=1S/C36H38N6O4/c1-23(43)38-34-19-29(15-16-37-34)46-28-13-14-30-32(18-28)41(2)36(39-30)40-31-17-27(25-11-12-25)21-42(35(31)44)20-26-9-6-10-33(26)45-22-24-7-4-3-5-8-24/h3-5,7-8,13-19,21,25-26,33H,6,9-12,20,22H2,1-2H3,(H,39,40)(H,37,38,43). The molecule has 2 aliphatic carbocycles. The van der Waals surface area contributed by atoms with Crippen LogP contribution < -0.4 is 20.9 Å². The Labute approximate surface area is 267 Å². The van der Waals surface area contributed by atoms with Crippen LogP contribution in [-0.2, 0) is 29.7 Å². The van der Waals surface area contributed by atoms with Crippen molar-refractivity contribution in [1.82, 2.24) is 19.1 Å². The van der Waals surface area contributed by atoms with Crippen molar-refractivity contribution in [3.63, 3.8) is 0 Å². The number of aromatic nitrogens is 4. The van der Waals surface area contributed by atoms with Crippen LogP contribution in [0.25, 0.3) is 11.0 Å². The molecular weight excluding hydrogens is 580 g/mol. The van der Waals surface area contributed by atoms with E-state index < -0.39 is 0 Å². The number of imidazole rings is 1. The molecule has 2 aliphatic rings. The summed E-state index contributed by atoms with van der Waals surface area (Å²) in [5, 5.41) is 6.04. The first-order chi connectivity index (χ1) is 22.4. The fourth-order valence-electron chi connectivity index (χ4n) is 6.31. The number of benzene rings is 2. The van der Waals surface area contributed by atoms with E-state index in [1.165, 1.54) is 18.1 Å². The Kier molecular flexibility index (Phi) is 8.28. The molecule has 5 aromatic rings. The van der Waals surface area contributed by atoms with E-state index in [-0.39, 0.29) is 23.5 Å². The van der Waals surface area contributed by atoms with Gasteiger partial charge in [-0.25, -0.2) is 9.97 Å². The van der Waals surface area contributed by atoms with Gasteiger partial charge in [0.15, 0.2) is 0 Å². The highest BCUT2D eigenvalue weighted by Gasteiger charge is 2.30. The molecule has 0 saturated heterocycles. The number of fused-ring (bicyclic) bond motifs is 1. The number of carbonyl (C=O) groups excluding carboxylic acids is 1. The average Bonchev–Trinajstić information content (AvgIpc) is 3.74. The maximum atomic E-state index is 13.9. The number of aryl methyl sites for hydroxylation is 1. The lowest BCUT2D eigenvalue weighted by Gasteiger charge is -2.22. The molecule has 2 unspecified atom stereocenters.